The van der Waals surface area contributed by atoms with Crippen LogP contribution in [-0.4, -0.2) is 41.9 Å². The highest BCUT2D eigenvalue weighted by molar-refractivity contribution is 8.67. The molecule has 0 N–H and O–H groups in total. The third-order valence-electron chi connectivity index (χ3n) is 2.07. The summed E-state index contributed by atoms with van der Waals surface area (Å²) in [6.45, 7) is 10.5. The zero-order valence-electron chi connectivity index (χ0n) is 7.86. The lowest BCUT2D eigenvalue weighted by molar-refractivity contribution is 0.179. The SMILES string of the molecule is CC(C)CN1CCN(SS)CC1. The van der Waals surface area contributed by atoms with Gasteiger partial charge in [0, 0.05) is 32.7 Å². The molecule has 72 valence electrons. The first-order valence-electron chi connectivity index (χ1n) is 4.51. The van der Waals surface area contributed by atoms with Crippen molar-refractivity contribution in [1.29, 1.82) is 0 Å². The minimum atomic E-state index is 0.792. The van der Waals surface area contributed by atoms with E-state index in [2.05, 4.69) is 34.7 Å². The summed E-state index contributed by atoms with van der Waals surface area (Å²) in [4.78, 5) is 2.53. The molecule has 0 radical (unpaired) electrons. The van der Waals surface area contributed by atoms with Crippen molar-refractivity contribution in [2.75, 3.05) is 32.7 Å². The minimum absolute atomic E-state index is 0.792. The van der Waals surface area contributed by atoms with Gasteiger partial charge in [-0.15, -0.1) is 0 Å². The summed E-state index contributed by atoms with van der Waals surface area (Å²) in [5, 5.41) is 0. The van der Waals surface area contributed by atoms with E-state index in [-0.39, 0.29) is 0 Å². The van der Waals surface area contributed by atoms with E-state index < -0.39 is 0 Å². The molecule has 4 heteroatoms. The van der Waals surface area contributed by atoms with Gasteiger partial charge in [-0.1, -0.05) is 25.5 Å². The first-order valence-corrected chi connectivity index (χ1v) is 6.33. The maximum absolute atomic E-state index is 4.19. The lowest BCUT2D eigenvalue weighted by Gasteiger charge is -2.33. The summed E-state index contributed by atoms with van der Waals surface area (Å²) in [6.07, 6.45) is 0. The van der Waals surface area contributed by atoms with Gasteiger partial charge in [-0.3, -0.25) is 0 Å². The molecule has 1 aliphatic heterocycles. The summed E-state index contributed by atoms with van der Waals surface area (Å²) in [7, 11) is 1.57. The number of rotatable bonds is 3. The first-order chi connectivity index (χ1) is 5.72. The summed E-state index contributed by atoms with van der Waals surface area (Å²) >= 11 is 4.19. The largest absolute Gasteiger partial charge is 0.300 e. The number of thiol groups is 1. The molecule has 0 aliphatic carbocycles. The van der Waals surface area contributed by atoms with Crippen LogP contribution < -0.4 is 0 Å². The molecular weight excluding hydrogens is 188 g/mol. The van der Waals surface area contributed by atoms with Crippen LogP contribution in [0, 0.1) is 5.92 Å². The second-order valence-corrected chi connectivity index (χ2v) is 4.87. The van der Waals surface area contributed by atoms with E-state index in [0.29, 0.717) is 0 Å². The molecule has 1 fully saturated rings. The van der Waals surface area contributed by atoms with Crippen molar-refractivity contribution in [2.45, 2.75) is 13.8 Å². The summed E-state index contributed by atoms with van der Waals surface area (Å²) in [5.41, 5.74) is 0. The van der Waals surface area contributed by atoms with E-state index in [0.717, 1.165) is 19.0 Å². The average molecular weight is 206 g/mol. The molecule has 0 aromatic rings. The molecule has 0 amide bonds. The van der Waals surface area contributed by atoms with Crippen molar-refractivity contribution < 1.29 is 0 Å². The van der Waals surface area contributed by atoms with Gasteiger partial charge in [0.05, 0.1) is 0 Å². The Balaban J connectivity index is 2.17. The molecule has 0 atom stereocenters. The third kappa shape index (κ3) is 3.56. The molecule has 0 aromatic heterocycles. The van der Waals surface area contributed by atoms with Gasteiger partial charge in [-0.2, -0.15) is 0 Å². The maximum Gasteiger partial charge on any atom is 0.0226 e. The topological polar surface area (TPSA) is 6.48 Å². The van der Waals surface area contributed by atoms with Gasteiger partial charge in [0.2, 0.25) is 0 Å². The average Bonchev–Trinajstić information content (AvgIpc) is 2.05. The molecule has 1 saturated heterocycles. The monoisotopic (exact) mass is 206 g/mol. The second-order valence-electron chi connectivity index (χ2n) is 3.71. The fourth-order valence-electron chi connectivity index (χ4n) is 1.51. The minimum Gasteiger partial charge on any atom is -0.300 e. The highest BCUT2D eigenvalue weighted by Crippen LogP contribution is 2.16. The van der Waals surface area contributed by atoms with E-state index in [1.807, 2.05) is 0 Å². The van der Waals surface area contributed by atoms with E-state index in [9.17, 15) is 0 Å². The highest BCUT2D eigenvalue weighted by Gasteiger charge is 2.16. The Hall–Kier alpha value is 0.620. The Morgan fingerprint density at radius 2 is 1.83 bits per heavy atom. The zero-order valence-corrected chi connectivity index (χ0v) is 9.57. The fraction of sp³-hybridized carbons (Fsp3) is 1.00. The van der Waals surface area contributed by atoms with Crippen molar-refractivity contribution in [1.82, 2.24) is 9.21 Å². The van der Waals surface area contributed by atoms with Gasteiger partial charge >= 0.3 is 0 Å². The smallest absolute Gasteiger partial charge is 0.0226 e. The Kier molecular flexibility index (Phi) is 4.79. The van der Waals surface area contributed by atoms with Crippen LogP contribution >= 0.6 is 22.6 Å². The van der Waals surface area contributed by atoms with Crippen LogP contribution in [0.3, 0.4) is 0 Å². The van der Waals surface area contributed by atoms with Gasteiger partial charge in [0.15, 0.2) is 0 Å². The van der Waals surface area contributed by atoms with Gasteiger partial charge in [0.1, 0.15) is 0 Å². The normalized spacial score (nSPS) is 22.0. The predicted octanol–water partition coefficient (Wildman–Crippen LogP) is 1.75. The summed E-state index contributed by atoms with van der Waals surface area (Å²) in [6, 6.07) is 0. The van der Waals surface area contributed by atoms with E-state index in [4.69, 9.17) is 0 Å². The molecule has 12 heavy (non-hydrogen) atoms. The van der Waals surface area contributed by atoms with Crippen molar-refractivity contribution in [2.24, 2.45) is 5.92 Å². The lowest BCUT2D eigenvalue weighted by Crippen LogP contribution is -2.44. The molecule has 2 nitrogen and oxygen atoms in total. The van der Waals surface area contributed by atoms with Crippen LogP contribution in [0.1, 0.15) is 13.8 Å². The van der Waals surface area contributed by atoms with Crippen LogP contribution in [0.15, 0.2) is 0 Å². The molecule has 0 spiro atoms. The van der Waals surface area contributed by atoms with Crippen LogP contribution in [0.25, 0.3) is 0 Å². The quantitative estimate of drug-likeness (QED) is 0.427. The van der Waals surface area contributed by atoms with E-state index >= 15 is 0 Å². The van der Waals surface area contributed by atoms with Crippen molar-refractivity contribution in [3.63, 3.8) is 0 Å². The molecule has 1 rings (SSSR count). The molecule has 0 aromatic carbocycles. The second kappa shape index (κ2) is 5.37. The number of nitrogens with zero attached hydrogens (tertiary/aromatic N) is 2. The van der Waals surface area contributed by atoms with Crippen LogP contribution in [0.4, 0.5) is 0 Å². The Morgan fingerprint density at radius 3 is 2.25 bits per heavy atom. The van der Waals surface area contributed by atoms with Crippen LogP contribution in [0.5, 0.6) is 0 Å². The molecule has 0 unspecified atom stereocenters. The molecule has 0 bridgehead atoms. The van der Waals surface area contributed by atoms with Crippen molar-refractivity contribution in [3.8, 4) is 0 Å². The highest BCUT2D eigenvalue weighted by atomic mass is 33.1. The zero-order chi connectivity index (χ0) is 8.97. The summed E-state index contributed by atoms with van der Waals surface area (Å²) < 4.78 is 2.31. The number of piperazine rings is 1. The number of hydrogen-bond acceptors (Lipinski definition) is 4. The van der Waals surface area contributed by atoms with Crippen LogP contribution in [-0.2, 0) is 0 Å². The standard InChI is InChI=1S/C8H18N2S2/c1-8(2)7-9-3-5-10(12-11)6-4-9/h8,11H,3-7H2,1-2H3. The van der Waals surface area contributed by atoms with Crippen molar-refractivity contribution >= 4 is 22.6 Å². The van der Waals surface area contributed by atoms with Gasteiger partial charge in [0.25, 0.3) is 0 Å². The summed E-state index contributed by atoms with van der Waals surface area (Å²) in [5.74, 6) is 0.792. The Bertz CT molecular complexity index is 122. The Labute approximate surface area is 84.6 Å². The van der Waals surface area contributed by atoms with E-state index in [1.54, 1.807) is 11.0 Å². The van der Waals surface area contributed by atoms with E-state index in [1.165, 1.54) is 19.6 Å². The molecule has 1 heterocycles. The lowest BCUT2D eigenvalue weighted by atomic mass is 10.2. The van der Waals surface area contributed by atoms with Gasteiger partial charge in [-0.25, -0.2) is 4.31 Å². The van der Waals surface area contributed by atoms with Gasteiger partial charge < -0.3 is 4.90 Å². The number of hydrogen-bond donors (Lipinski definition) is 1. The Morgan fingerprint density at radius 1 is 1.25 bits per heavy atom. The van der Waals surface area contributed by atoms with Gasteiger partial charge in [-0.05, 0) is 16.9 Å². The fourth-order valence-corrected chi connectivity index (χ4v) is 2.33. The first kappa shape index (κ1) is 10.7. The molecule has 0 saturated carbocycles. The van der Waals surface area contributed by atoms with Crippen LogP contribution in [0.2, 0.25) is 0 Å². The third-order valence-corrected chi connectivity index (χ3v) is 3.36. The molecule has 1 aliphatic rings. The van der Waals surface area contributed by atoms with Crippen molar-refractivity contribution in [3.05, 3.63) is 0 Å². The molecular formula is C8H18N2S2. The predicted molar refractivity (Wildman–Crippen MR) is 59.4 cm³/mol. The maximum atomic E-state index is 4.19.